The van der Waals surface area contributed by atoms with Gasteiger partial charge < -0.3 is 15.7 Å². The Kier molecular flexibility index (Phi) is 3.82. The minimum Gasteiger partial charge on any atom is -0.392 e. The second-order valence-electron chi connectivity index (χ2n) is 5.20. The normalized spacial score (nSPS) is 35.5. The van der Waals surface area contributed by atoms with Crippen LogP contribution < -0.4 is 10.6 Å². The molecule has 1 saturated heterocycles. The summed E-state index contributed by atoms with van der Waals surface area (Å²) < 4.78 is 0. The second kappa shape index (κ2) is 5.15. The zero-order valence-corrected chi connectivity index (χ0v) is 9.91. The number of rotatable bonds is 3. The molecular weight excluding hydrogens is 204 g/mol. The van der Waals surface area contributed by atoms with E-state index in [-0.39, 0.29) is 11.9 Å². The minimum atomic E-state index is -0.465. The molecule has 4 atom stereocenters. The third-order valence-electron chi connectivity index (χ3n) is 3.75. The van der Waals surface area contributed by atoms with Gasteiger partial charge in [-0.3, -0.25) is 4.79 Å². The first-order chi connectivity index (χ1) is 7.66. The van der Waals surface area contributed by atoms with Gasteiger partial charge in [-0.05, 0) is 32.1 Å². The van der Waals surface area contributed by atoms with Crippen LogP contribution in [0.5, 0.6) is 0 Å². The van der Waals surface area contributed by atoms with E-state index in [0.29, 0.717) is 18.5 Å². The quantitative estimate of drug-likeness (QED) is 0.653. The van der Waals surface area contributed by atoms with Crippen LogP contribution in [-0.4, -0.2) is 35.7 Å². The highest BCUT2D eigenvalue weighted by Gasteiger charge is 2.37. The van der Waals surface area contributed by atoms with Crippen molar-refractivity contribution in [3.63, 3.8) is 0 Å². The van der Waals surface area contributed by atoms with Crippen molar-refractivity contribution in [1.82, 2.24) is 10.6 Å². The summed E-state index contributed by atoms with van der Waals surface area (Å²) >= 11 is 0. The first-order valence-electron chi connectivity index (χ1n) is 6.38. The van der Waals surface area contributed by atoms with E-state index in [1.165, 1.54) is 25.7 Å². The number of nitrogens with one attached hydrogen (secondary N) is 2. The molecule has 4 heteroatoms. The molecule has 2 fully saturated rings. The van der Waals surface area contributed by atoms with Crippen molar-refractivity contribution in [2.75, 3.05) is 6.54 Å². The average Bonchev–Trinajstić information content (AvgIpc) is 2.69. The van der Waals surface area contributed by atoms with E-state index >= 15 is 0 Å². The smallest absolute Gasteiger partial charge is 0.237 e. The lowest BCUT2D eigenvalue weighted by Gasteiger charge is -2.24. The number of carbonyl (C=O) groups is 1. The molecule has 2 rings (SSSR count). The molecule has 16 heavy (non-hydrogen) atoms. The lowest BCUT2D eigenvalue weighted by Crippen LogP contribution is -2.44. The van der Waals surface area contributed by atoms with Gasteiger partial charge in [0.1, 0.15) is 0 Å². The van der Waals surface area contributed by atoms with E-state index in [1.54, 1.807) is 6.92 Å². The number of hydrogen-bond acceptors (Lipinski definition) is 3. The summed E-state index contributed by atoms with van der Waals surface area (Å²) in [5.74, 6) is 0.742. The van der Waals surface area contributed by atoms with Crippen LogP contribution in [0.4, 0.5) is 0 Å². The van der Waals surface area contributed by atoms with Crippen molar-refractivity contribution < 1.29 is 9.90 Å². The van der Waals surface area contributed by atoms with Crippen LogP contribution in [0.25, 0.3) is 0 Å². The predicted molar refractivity (Wildman–Crippen MR) is 62.0 cm³/mol. The summed E-state index contributed by atoms with van der Waals surface area (Å²) in [6.07, 6.45) is 5.58. The van der Waals surface area contributed by atoms with Gasteiger partial charge in [-0.25, -0.2) is 0 Å². The molecule has 0 radical (unpaired) electrons. The van der Waals surface area contributed by atoms with Crippen molar-refractivity contribution in [2.24, 2.45) is 5.92 Å². The SMILES string of the molecule is C[C@@H](O)CNC(=O)C1CC2CCCCC2N1. The molecule has 92 valence electrons. The van der Waals surface area contributed by atoms with Crippen LogP contribution in [0.15, 0.2) is 0 Å². The topological polar surface area (TPSA) is 61.4 Å². The molecule has 4 nitrogen and oxygen atoms in total. The molecule has 1 amide bonds. The standard InChI is InChI=1S/C12H22N2O2/c1-8(15)7-13-12(16)11-6-9-4-2-3-5-10(9)14-11/h8-11,14-15H,2-7H2,1H3,(H,13,16)/t8-,9?,10?,11?/m1/s1. The Morgan fingerprint density at radius 2 is 2.25 bits per heavy atom. The van der Waals surface area contributed by atoms with Crippen molar-refractivity contribution in [1.29, 1.82) is 0 Å². The van der Waals surface area contributed by atoms with Crippen molar-refractivity contribution in [3.8, 4) is 0 Å². The summed E-state index contributed by atoms with van der Waals surface area (Å²) in [7, 11) is 0. The summed E-state index contributed by atoms with van der Waals surface area (Å²) in [4.78, 5) is 11.8. The Morgan fingerprint density at radius 3 is 2.94 bits per heavy atom. The van der Waals surface area contributed by atoms with Gasteiger partial charge in [0, 0.05) is 12.6 Å². The van der Waals surface area contributed by atoms with E-state index in [9.17, 15) is 4.79 Å². The molecule has 0 spiro atoms. The molecule has 3 unspecified atom stereocenters. The third-order valence-corrected chi connectivity index (χ3v) is 3.75. The molecule has 1 saturated carbocycles. The second-order valence-corrected chi connectivity index (χ2v) is 5.20. The molecule has 0 aromatic heterocycles. The van der Waals surface area contributed by atoms with Crippen LogP contribution in [0.2, 0.25) is 0 Å². The van der Waals surface area contributed by atoms with Crippen LogP contribution >= 0.6 is 0 Å². The van der Waals surface area contributed by atoms with Gasteiger partial charge in [0.25, 0.3) is 0 Å². The van der Waals surface area contributed by atoms with E-state index in [2.05, 4.69) is 10.6 Å². The van der Waals surface area contributed by atoms with E-state index in [1.807, 2.05) is 0 Å². The highest BCUT2D eigenvalue weighted by Crippen LogP contribution is 2.33. The Labute approximate surface area is 96.8 Å². The number of aliphatic hydroxyl groups is 1. The molecule has 2 aliphatic rings. The van der Waals surface area contributed by atoms with E-state index in [4.69, 9.17) is 5.11 Å². The van der Waals surface area contributed by atoms with Crippen LogP contribution in [0, 0.1) is 5.92 Å². The van der Waals surface area contributed by atoms with Crippen LogP contribution in [-0.2, 0) is 4.79 Å². The zero-order chi connectivity index (χ0) is 11.5. The number of carbonyl (C=O) groups excluding carboxylic acids is 1. The number of fused-ring (bicyclic) bond motifs is 1. The average molecular weight is 226 g/mol. The van der Waals surface area contributed by atoms with Gasteiger partial charge in [0.15, 0.2) is 0 Å². The lowest BCUT2D eigenvalue weighted by molar-refractivity contribution is -0.123. The van der Waals surface area contributed by atoms with Gasteiger partial charge in [-0.2, -0.15) is 0 Å². The molecule has 0 aromatic carbocycles. The van der Waals surface area contributed by atoms with Gasteiger partial charge >= 0.3 is 0 Å². The fraction of sp³-hybridized carbons (Fsp3) is 0.917. The maximum atomic E-state index is 11.8. The highest BCUT2D eigenvalue weighted by atomic mass is 16.3. The van der Waals surface area contributed by atoms with Gasteiger partial charge in [-0.1, -0.05) is 12.8 Å². The minimum absolute atomic E-state index is 0.0353. The molecular formula is C12H22N2O2. The maximum absolute atomic E-state index is 11.8. The van der Waals surface area contributed by atoms with E-state index in [0.717, 1.165) is 6.42 Å². The fourth-order valence-electron chi connectivity index (χ4n) is 2.89. The monoisotopic (exact) mass is 226 g/mol. The number of hydrogen-bond donors (Lipinski definition) is 3. The molecule has 0 aromatic rings. The van der Waals surface area contributed by atoms with Gasteiger partial charge in [-0.15, -0.1) is 0 Å². The largest absolute Gasteiger partial charge is 0.392 e. The molecule has 1 aliphatic heterocycles. The Balaban J connectivity index is 1.80. The summed E-state index contributed by atoms with van der Waals surface area (Å²) in [5.41, 5.74) is 0. The Bertz CT molecular complexity index is 241. The number of aliphatic hydroxyl groups excluding tert-OH is 1. The molecule has 1 aliphatic carbocycles. The Hall–Kier alpha value is -0.610. The molecule has 1 heterocycles. The number of amides is 1. The van der Waals surface area contributed by atoms with Gasteiger partial charge in [0.2, 0.25) is 5.91 Å². The summed E-state index contributed by atoms with van der Waals surface area (Å²) in [5, 5.41) is 15.3. The van der Waals surface area contributed by atoms with Crippen molar-refractivity contribution >= 4 is 5.91 Å². The maximum Gasteiger partial charge on any atom is 0.237 e. The van der Waals surface area contributed by atoms with Crippen molar-refractivity contribution in [2.45, 2.75) is 57.2 Å². The van der Waals surface area contributed by atoms with Gasteiger partial charge in [0.05, 0.1) is 12.1 Å². The molecule has 0 bridgehead atoms. The molecule has 3 N–H and O–H groups in total. The van der Waals surface area contributed by atoms with Crippen LogP contribution in [0.1, 0.15) is 39.0 Å². The lowest BCUT2D eigenvalue weighted by atomic mass is 9.85. The predicted octanol–water partition coefficient (Wildman–Crippen LogP) is 0.404. The third kappa shape index (κ3) is 2.74. The first kappa shape index (κ1) is 11.9. The summed E-state index contributed by atoms with van der Waals surface area (Å²) in [6.45, 7) is 2.04. The first-order valence-corrected chi connectivity index (χ1v) is 6.38. The van der Waals surface area contributed by atoms with E-state index < -0.39 is 6.10 Å². The van der Waals surface area contributed by atoms with Crippen molar-refractivity contribution in [3.05, 3.63) is 0 Å². The fourth-order valence-corrected chi connectivity index (χ4v) is 2.89. The highest BCUT2D eigenvalue weighted by molar-refractivity contribution is 5.82. The van der Waals surface area contributed by atoms with Crippen LogP contribution in [0.3, 0.4) is 0 Å². The zero-order valence-electron chi connectivity index (χ0n) is 9.91. The summed E-state index contributed by atoms with van der Waals surface area (Å²) in [6, 6.07) is 0.517. The Morgan fingerprint density at radius 1 is 1.50 bits per heavy atom.